The number of nitrogens with two attached hydrogens (primary N) is 1. The van der Waals surface area contributed by atoms with Gasteiger partial charge in [0, 0.05) is 25.3 Å². The number of ether oxygens (including phenoxy) is 1. The highest BCUT2D eigenvalue weighted by molar-refractivity contribution is 6.05. The Morgan fingerprint density at radius 2 is 2.00 bits per heavy atom. The first kappa shape index (κ1) is 21.3. The summed E-state index contributed by atoms with van der Waals surface area (Å²) < 4.78 is 35.4. The summed E-state index contributed by atoms with van der Waals surface area (Å²) in [6.07, 6.45) is 4.70. The minimum atomic E-state index is -0.815. The van der Waals surface area contributed by atoms with Crippen LogP contribution in [0.4, 0.5) is 20.2 Å². The summed E-state index contributed by atoms with van der Waals surface area (Å²) in [6, 6.07) is 8.64. The molecule has 2 aromatic heterocycles. The lowest BCUT2D eigenvalue weighted by Gasteiger charge is -2.38. The van der Waals surface area contributed by atoms with Gasteiger partial charge in [-0.1, -0.05) is 6.07 Å². The van der Waals surface area contributed by atoms with Gasteiger partial charge in [0.15, 0.2) is 11.5 Å². The molecule has 2 aliphatic rings. The van der Waals surface area contributed by atoms with Gasteiger partial charge in [0.05, 0.1) is 35.4 Å². The molecule has 1 saturated heterocycles. The van der Waals surface area contributed by atoms with Gasteiger partial charge >= 0.3 is 0 Å². The lowest BCUT2D eigenvalue weighted by atomic mass is 9.91. The van der Waals surface area contributed by atoms with E-state index in [1.54, 1.807) is 24.4 Å². The Kier molecular flexibility index (Phi) is 5.63. The molecule has 1 aromatic carbocycles. The molecule has 0 spiro atoms. The van der Waals surface area contributed by atoms with E-state index >= 15 is 0 Å². The maximum absolute atomic E-state index is 14.8. The van der Waals surface area contributed by atoms with E-state index in [0.717, 1.165) is 24.6 Å². The van der Waals surface area contributed by atoms with Crippen LogP contribution in [0.15, 0.2) is 48.8 Å². The first-order valence-electron chi connectivity index (χ1n) is 10.8. The molecule has 7 nitrogen and oxygen atoms in total. The van der Waals surface area contributed by atoms with Gasteiger partial charge in [0.25, 0.3) is 5.91 Å². The molecule has 0 unspecified atom stereocenters. The van der Waals surface area contributed by atoms with Crippen LogP contribution in [0.5, 0.6) is 5.75 Å². The first-order chi connectivity index (χ1) is 16.0. The summed E-state index contributed by atoms with van der Waals surface area (Å²) in [4.78, 5) is 23.4. The van der Waals surface area contributed by atoms with E-state index in [0.29, 0.717) is 31.1 Å². The van der Waals surface area contributed by atoms with E-state index in [9.17, 15) is 13.6 Å². The molecule has 0 radical (unpaired) electrons. The lowest BCUT2D eigenvalue weighted by molar-refractivity contribution is 0.101. The van der Waals surface area contributed by atoms with Gasteiger partial charge in [0.2, 0.25) is 0 Å². The number of benzene rings is 1. The fourth-order valence-corrected chi connectivity index (χ4v) is 4.54. The van der Waals surface area contributed by atoms with Crippen molar-refractivity contribution in [2.24, 2.45) is 11.7 Å². The zero-order valence-corrected chi connectivity index (χ0v) is 17.8. The van der Waals surface area contributed by atoms with Crippen LogP contribution in [0.1, 0.15) is 23.3 Å². The summed E-state index contributed by atoms with van der Waals surface area (Å²) in [5, 5.41) is 2.72. The quantitative estimate of drug-likeness (QED) is 0.543. The Morgan fingerprint density at radius 3 is 2.88 bits per heavy atom. The third kappa shape index (κ3) is 4.23. The number of carbonyl (C=O) groups excluding carboxylic acids is 1. The molecule has 0 saturated carbocycles. The molecule has 4 heterocycles. The summed E-state index contributed by atoms with van der Waals surface area (Å²) in [7, 11) is 0. The third-order valence-electron chi connectivity index (χ3n) is 6.03. The van der Waals surface area contributed by atoms with Crippen molar-refractivity contribution < 1.29 is 18.3 Å². The highest BCUT2D eigenvalue weighted by Gasteiger charge is 2.28. The van der Waals surface area contributed by atoms with Crippen LogP contribution in [0.2, 0.25) is 0 Å². The van der Waals surface area contributed by atoms with E-state index in [4.69, 9.17) is 10.5 Å². The van der Waals surface area contributed by atoms with E-state index in [1.807, 2.05) is 0 Å². The number of piperidine rings is 1. The predicted octanol–water partition coefficient (Wildman–Crippen LogP) is 3.61. The molecule has 5 rings (SSSR count). The predicted molar refractivity (Wildman–Crippen MR) is 120 cm³/mol. The topological polar surface area (TPSA) is 93.4 Å². The molecule has 33 heavy (non-hydrogen) atoms. The van der Waals surface area contributed by atoms with E-state index in [1.165, 1.54) is 18.3 Å². The highest BCUT2D eigenvalue weighted by atomic mass is 19.1. The third-order valence-corrected chi connectivity index (χ3v) is 6.03. The maximum Gasteiger partial charge on any atom is 0.277 e. The molecular weight excluding hydrogens is 428 g/mol. The SMILES string of the molecule is N[C@H]1C[C@H]2CCOc3cccc(F)c3-c3ccc(F)c(n3)C(=O)Nc3cnccc3N(C1)C2. The molecule has 9 heteroatoms. The van der Waals surface area contributed by atoms with Crippen molar-refractivity contribution in [3.63, 3.8) is 0 Å². The van der Waals surface area contributed by atoms with E-state index in [-0.39, 0.29) is 23.2 Å². The monoisotopic (exact) mass is 451 g/mol. The van der Waals surface area contributed by atoms with Crippen molar-refractivity contribution in [2.75, 3.05) is 29.9 Å². The van der Waals surface area contributed by atoms with Crippen LogP contribution >= 0.6 is 0 Å². The van der Waals surface area contributed by atoms with Crippen molar-refractivity contribution in [1.29, 1.82) is 0 Å². The molecule has 3 N–H and O–H groups in total. The number of rotatable bonds is 0. The molecule has 1 amide bonds. The van der Waals surface area contributed by atoms with E-state index in [2.05, 4.69) is 20.2 Å². The molecule has 1 fully saturated rings. The fourth-order valence-electron chi connectivity index (χ4n) is 4.54. The molecule has 2 atom stereocenters. The minimum absolute atomic E-state index is 0.0602. The zero-order chi connectivity index (χ0) is 22.9. The number of hydrogen-bond donors (Lipinski definition) is 2. The molecule has 3 aromatic rings. The second kappa shape index (κ2) is 8.74. The van der Waals surface area contributed by atoms with Crippen LogP contribution in [-0.2, 0) is 0 Å². The van der Waals surface area contributed by atoms with Crippen molar-refractivity contribution in [2.45, 2.75) is 18.9 Å². The number of nitrogens with one attached hydrogen (secondary N) is 1. The summed E-state index contributed by atoms with van der Waals surface area (Å²) >= 11 is 0. The number of fused-ring (bicyclic) bond motifs is 8. The highest BCUT2D eigenvalue weighted by Crippen LogP contribution is 2.34. The van der Waals surface area contributed by atoms with Gasteiger partial charge in [-0.3, -0.25) is 9.78 Å². The van der Waals surface area contributed by atoms with Gasteiger partial charge in [-0.05, 0) is 49.1 Å². The van der Waals surface area contributed by atoms with Crippen LogP contribution in [0, 0.1) is 17.6 Å². The number of pyridine rings is 2. The summed E-state index contributed by atoms with van der Waals surface area (Å²) in [5.41, 5.74) is 7.27. The molecule has 0 aliphatic carbocycles. The Balaban J connectivity index is 1.63. The van der Waals surface area contributed by atoms with Crippen molar-refractivity contribution in [1.82, 2.24) is 9.97 Å². The van der Waals surface area contributed by atoms with Crippen molar-refractivity contribution in [3.8, 4) is 17.0 Å². The van der Waals surface area contributed by atoms with Crippen molar-refractivity contribution >= 4 is 17.3 Å². The van der Waals surface area contributed by atoms with Gasteiger partial charge in [-0.15, -0.1) is 0 Å². The number of aromatic nitrogens is 2. The minimum Gasteiger partial charge on any atom is -0.493 e. The number of amides is 1. The normalized spacial score (nSPS) is 20.5. The zero-order valence-electron chi connectivity index (χ0n) is 17.8. The number of hydrogen-bond acceptors (Lipinski definition) is 6. The molecule has 170 valence electrons. The largest absolute Gasteiger partial charge is 0.493 e. The first-order valence-corrected chi connectivity index (χ1v) is 10.8. The maximum atomic E-state index is 14.8. The average molecular weight is 451 g/mol. The van der Waals surface area contributed by atoms with Gasteiger partial charge in [0.1, 0.15) is 11.6 Å². The van der Waals surface area contributed by atoms with Crippen LogP contribution in [0.3, 0.4) is 0 Å². The van der Waals surface area contributed by atoms with Crippen LogP contribution < -0.4 is 20.7 Å². The van der Waals surface area contributed by atoms with Crippen LogP contribution in [-0.4, -0.2) is 41.6 Å². The molecule has 4 bridgehead atoms. The Labute approximate surface area is 189 Å². The second-order valence-corrected chi connectivity index (χ2v) is 8.39. The van der Waals surface area contributed by atoms with E-state index < -0.39 is 23.2 Å². The summed E-state index contributed by atoms with van der Waals surface area (Å²) in [6.45, 7) is 1.68. The molecular formula is C24H23F2N5O2. The van der Waals surface area contributed by atoms with Gasteiger partial charge in [-0.2, -0.15) is 0 Å². The average Bonchev–Trinajstić information content (AvgIpc) is 2.79. The number of halogens is 2. The number of anilines is 2. The smallest absolute Gasteiger partial charge is 0.277 e. The standard InChI is InChI=1S/C24H23F2N5O2/c25-16-2-1-3-21-22(16)18-5-4-17(26)23(29-18)24(32)30-19-11-28-8-6-20(19)31-12-14(7-9-33-21)10-15(27)13-31/h1-6,8,11,14-15H,7,9-10,12-13,27H2,(H,30,32)/t14-,15+/m1/s1. The van der Waals surface area contributed by atoms with Crippen molar-refractivity contribution in [3.05, 3.63) is 66.1 Å². The Bertz CT molecular complexity index is 1210. The lowest BCUT2D eigenvalue weighted by Crippen LogP contribution is -2.47. The number of carbonyl (C=O) groups is 1. The Hall–Kier alpha value is -3.59. The fraction of sp³-hybridized carbons (Fsp3) is 0.292. The second-order valence-electron chi connectivity index (χ2n) is 8.39. The van der Waals surface area contributed by atoms with Crippen LogP contribution in [0.25, 0.3) is 11.3 Å². The Morgan fingerprint density at radius 1 is 1.12 bits per heavy atom. The summed E-state index contributed by atoms with van der Waals surface area (Å²) in [5.74, 6) is -1.60. The van der Waals surface area contributed by atoms with Gasteiger partial charge in [-0.25, -0.2) is 13.8 Å². The molecule has 2 aliphatic heterocycles. The van der Waals surface area contributed by atoms with Gasteiger partial charge < -0.3 is 20.7 Å². The number of nitrogens with zero attached hydrogens (tertiary/aromatic N) is 3.